The maximum Gasteiger partial charge on any atom is 4.00 e. The molecule has 4 unspecified atom stereocenters. The number of rotatable bonds is 6. The van der Waals surface area contributed by atoms with Crippen molar-refractivity contribution in [3.63, 3.8) is 0 Å². The molecule has 0 aliphatic carbocycles. The summed E-state index contributed by atoms with van der Waals surface area (Å²) in [4.78, 5) is 38.1. The number of carbonyl (C=O) groups excluding carboxylic acids is 4. The van der Waals surface area contributed by atoms with Crippen LogP contribution in [0.25, 0.3) is 0 Å². The smallest absolute Gasteiger partial charge is 0.848 e. The van der Waals surface area contributed by atoms with Crippen molar-refractivity contribution in [2.24, 2.45) is 0 Å². The second-order valence-corrected chi connectivity index (χ2v) is 2.96. The maximum atomic E-state index is 9.97. The molecule has 0 aliphatic heterocycles. The van der Waals surface area contributed by atoms with E-state index in [-0.39, 0.29) is 47.3 Å². The van der Waals surface area contributed by atoms with Crippen LogP contribution in [0.5, 0.6) is 0 Å². The van der Waals surface area contributed by atoms with Crippen LogP contribution in [0.3, 0.4) is 0 Å². The molecule has 14 heteroatoms. The standard InChI is InChI=1S/2C4H4O6.2Te/c2*5-1(3(7)8)2(6)4(9)10;;/h2*1-2H,(H,7,8)(H,9,10);;/q2*-2;2*+4/p-4. The molecule has 4 atom stereocenters. The third kappa shape index (κ3) is 11.9. The summed E-state index contributed by atoms with van der Waals surface area (Å²) in [6.45, 7) is 0. The molecule has 12 nitrogen and oxygen atoms in total. The third-order valence-electron chi connectivity index (χ3n) is 1.48. The summed E-state index contributed by atoms with van der Waals surface area (Å²) in [5, 5.41) is 78.0. The van der Waals surface area contributed by atoms with Crippen LogP contribution in [-0.4, -0.2) is 95.6 Å². The summed E-state index contributed by atoms with van der Waals surface area (Å²) < 4.78 is 0. The van der Waals surface area contributed by atoms with Crippen molar-refractivity contribution in [2.75, 3.05) is 0 Å². The Morgan fingerprint density at radius 3 is 0.591 bits per heavy atom. The molecule has 0 bridgehead atoms. The van der Waals surface area contributed by atoms with Crippen LogP contribution in [0.4, 0.5) is 0 Å². The first-order chi connectivity index (χ1) is 8.93. The molecule has 120 valence electrons. The molecule has 0 aromatic rings. The molecule has 22 heavy (non-hydrogen) atoms. The fourth-order valence-electron chi connectivity index (χ4n) is 0.494. The molecule has 0 aromatic carbocycles. The van der Waals surface area contributed by atoms with E-state index in [1.807, 2.05) is 0 Å². The van der Waals surface area contributed by atoms with Crippen molar-refractivity contribution in [3.05, 3.63) is 0 Å². The first-order valence-corrected chi connectivity index (χ1v) is 4.40. The van der Waals surface area contributed by atoms with Gasteiger partial charge in [-0.1, -0.05) is 24.4 Å². The molecule has 4 radical (unpaired) electrons. The number of aliphatic carboxylic acids is 4. The van der Waals surface area contributed by atoms with Crippen molar-refractivity contribution in [1.82, 2.24) is 0 Å². The predicted molar refractivity (Wildman–Crippen MR) is 46.7 cm³/mol. The largest absolute Gasteiger partial charge is 4.00 e. The minimum absolute atomic E-state index is 0. The van der Waals surface area contributed by atoms with E-state index in [1.165, 1.54) is 0 Å². The quantitative estimate of drug-likeness (QED) is 0.281. The van der Waals surface area contributed by atoms with Gasteiger partial charge in [0.2, 0.25) is 0 Å². The minimum atomic E-state index is -2.80. The van der Waals surface area contributed by atoms with Crippen LogP contribution < -0.4 is 40.9 Å². The van der Waals surface area contributed by atoms with Crippen molar-refractivity contribution in [2.45, 2.75) is 24.4 Å². The van der Waals surface area contributed by atoms with Gasteiger partial charge in [-0.15, -0.1) is 0 Å². The average molecular weight is 547 g/mol. The van der Waals surface area contributed by atoms with Crippen LogP contribution in [0.1, 0.15) is 0 Å². The molecule has 0 heterocycles. The van der Waals surface area contributed by atoms with E-state index in [9.17, 15) is 60.0 Å². The molecule has 0 amide bonds. The zero-order valence-corrected chi connectivity index (χ0v) is 14.7. The molecule has 0 saturated carbocycles. The average Bonchev–Trinajstić information content (AvgIpc) is 2.35. The van der Waals surface area contributed by atoms with E-state index >= 15 is 0 Å². The predicted octanol–water partition coefficient (Wildman–Crippen LogP) is -12.9. The van der Waals surface area contributed by atoms with Crippen LogP contribution >= 0.6 is 0 Å². The minimum Gasteiger partial charge on any atom is -0.848 e. The zero-order chi connectivity index (χ0) is 16.6. The van der Waals surface area contributed by atoms with Gasteiger partial charge in [-0.25, -0.2) is 0 Å². The van der Waals surface area contributed by atoms with Gasteiger partial charge in [0, 0.05) is 23.9 Å². The van der Waals surface area contributed by atoms with Crippen LogP contribution in [-0.2, 0) is 19.2 Å². The summed E-state index contributed by atoms with van der Waals surface area (Å²) >= 11 is 0. The Morgan fingerprint density at radius 2 is 0.545 bits per heavy atom. The number of carboxylic acid groups (broad SMARTS) is 4. The Bertz CT molecular complexity index is 313. The Balaban J connectivity index is -0.000000135. The summed E-state index contributed by atoms with van der Waals surface area (Å²) in [5.41, 5.74) is 0. The van der Waals surface area contributed by atoms with Gasteiger partial charge in [-0.05, 0) is 0 Å². The number of hydrogen-bond donors (Lipinski definition) is 0. The van der Waals surface area contributed by atoms with E-state index in [0.29, 0.717) is 0 Å². The number of carboxylic acids is 4. The van der Waals surface area contributed by atoms with Gasteiger partial charge < -0.3 is 60.0 Å². The van der Waals surface area contributed by atoms with Gasteiger partial charge in [0.25, 0.3) is 0 Å². The molecule has 0 aromatic heterocycles. The van der Waals surface area contributed by atoms with Gasteiger partial charge >= 0.3 is 47.3 Å². The first kappa shape index (κ1) is 29.3. The van der Waals surface area contributed by atoms with Crippen molar-refractivity contribution >= 4 is 71.2 Å². The van der Waals surface area contributed by atoms with Crippen molar-refractivity contribution < 1.29 is 60.0 Å². The third-order valence-corrected chi connectivity index (χ3v) is 1.48. The molecule has 0 spiro atoms. The van der Waals surface area contributed by atoms with Crippen LogP contribution in [0.2, 0.25) is 0 Å². The Hall–Kier alpha value is -0.701. The van der Waals surface area contributed by atoms with Gasteiger partial charge in [-0.3, -0.25) is 0 Å². The normalized spacial score (nSPS) is 14.4. The molecule has 0 rings (SSSR count). The summed E-state index contributed by atoms with van der Waals surface area (Å²) in [6, 6.07) is 0. The topological polar surface area (TPSA) is 253 Å². The van der Waals surface area contributed by atoms with E-state index in [0.717, 1.165) is 0 Å². The second kappa shape index (κ2) is 13.9. The first-order valence-electron chi connectivity index (χ1n) is 4.40. The van der Waals surface area contributed by atoms with E-state index in [1.54, 1.807) is 0 Å². The molecular formula is C8H4O12Te2. The van der Waals surface area contributed by atoms with Gasteiger partial charge in [0.05, 0.1) is 0 Å². The monoisotopic (exact) mass is 552 g/mol. The summed E-state index contributed by atoms with van der Waals surface area (Å²) in [6.07, 6.45) is -11.2. The van der Waals surface area contributed by atoms with E-state index in [4.69, 9.17) is 0 Å². The summed E-state index contributed by atoms with van der Waals surface area (Å²) in [5.74, 6) is -8.93. The maximum absolute atomic E-state index is 9.97. The molecule has 0 saturated heterocycles. The van der Waals surface area contributed by atoms with Crippen molar-refractivity contribution in [1.29, 1.82) is 0 Å². The van der Waals surface area contributed by atoms with Gasteiger partial charge in [0.15, 0.2) is 0 Å². The van der Waals surface area contributed by atoms with Gasteiger partial charge in [-0.2, -0.15) is 0 Å². The fourth-order valence-corrected chi connectivity index (χ4v) is 0.494. The van der Waals surface area contributed by atoms with Crippen LogP contribution in [0, 0.1) is 0 Å². The number of carbonyl (C=O) groups is 4. The molecule has 0 N–H and O–H groups in total. The Labute approximate surface area is 155 Å². The van der Waals surface area contributed by atoms with Crippen LogP contribution in [0.15, 0.2) is 0 Å². The Kier molecular flexibility index (Phi) is 18.6. The second-order valence-electron chi connectivity index (χ2n) is 2.96. The van der Waals surface area contributed by atoms with Crippen molar-refractivity contribution in [3.8, 4) is 0 Å². The molecule has 0 aliphatic rings. The molecule has 0 fully saturated rings. The van der Waals surface area contributed by atoms with Gasteiger partial charge in [0.1, 0.15) is 0 Å². The zero-order valence-electron chi connectivity index (χ0n) is 10.0. The van der Waals surface area contributed by atoms with E-state index < -0.39 is 48.3 Å². The van der Waals surface area contributed by atoms with E-state index in [2.05, 4.69) is 0 Å². The SMILES string of the molecule is O=C([O-])C([O-])C([O-])C(=O)[O-].O=C([O-])C([O-])C([O-])C(=O)[O-].[Te+4].[Te+4]. The fraction of sp³-hybridized carbons (Fsp3) is 0.500. The summed E-state index contributed by atoms with van der Waals surface area (Å²) in [7, 11) is 0. The molecular weight excluding hydrogens is 543 g/mol. The number of hydrogen-bond acceptors (Lipinski definition) is 12. The Morgan fingerprint density at radius 1 is 0.455 bits per heavy atom.